The fourth-order valence-electron chi connectivity index (χ4n) is 2.04. The smallest absolute Gasteiger partial charge is 0.245 e. The lowest BCUT2D eigenvalue weighted by Gasteiger charge is -2.32. The summed E-state index contributed by atoms with van der Waals surface area (Å²) in [6.45, 7) is 0. The summed E-state index contributed by atoms with van der Waals surface area (Å²) in [5.74, 6) is 0. The van der Waals surface area contributed by atoms with Gasteiger partial charge in [-0.15, -0.1) is 0 Å². The zero-order valence-electron chi connectivity index (χ0n) is 8.26. The average Bonchev–Trinajstić information content (AvgIpc) is 2.31. The monoisotopic (exact) mass is 197 g/mol. The molecule has 1 spiro atoms. The van der Waals surface area contributed by atoms with Crippen LogP contribution in [0.3, 0.4) is 0 Å². The molecule has 0 saturated carbocycles. The van der Waals surface area contributed by atoms with E-state index in [1.54, 1.807) is 6.26 Å². The van der Waals surface area contributed by atoms with Crippen molar-refractivity contribution in [1.82, 2.24) is 0 Å². The molecule has 0 aliphatic carbocycles. The van der Waals surface area contributed by atoms with Crippen molar-refractivity contribution in [3.63, 3.8) is 0 Å². The van der Waals surface area contributed by atoms with Crippen LogP contribution >= 0.6 is 0 Å². The second-order valence-electron chi connectivity index (χ2n) is 3.67. The van der Waals surface area contributed by atoms with Gasteiger partial charge in [-0.2, -0.15) is 0 Å². The van der Waals surface area contributed by atoms with Gasteiger partial charge in [0.25, 0.3) is 0 Å². The third kappa shape index (κ3) is 1.22. The Labute approximate surface area is 88.6 Å². The average molecular weight is 197 g/mol. The second kappa shape index (κ2) is 3.09. The van der Waals surface area contributed by atoms with Crippen molar-refractivity contribution in [2.45, 2.75) is 12.1 Å². The number of aliphatic imine (C=N–C) groups is 1. The van der Waals surface area contributed by atoms with E-state index in [4.69, 9.17) is 4.74 Å². The summed E-state index contributed by atoms with van der Waals surface area (Å²) in [5.41, 5.74) is 1.82. The molecule has 0 radical (unpaired) electrons. The van der Waals surface area contributed by atoms with Crippen molar-refractivity contribution in [3.05, 3.63) is 59.9 Å². The first-order chi connectivity index (χ1) is 7.41. The third-order valence-corrected chi connectivity index (χ3v) is 2.76. The molecule has 2 heteroatoms. The van der Waals surface area contributed by atoms with E-state index in [1.807, 2.05) is 36.6 Å². The van der Waals surface area contributed by atoms with E-state index >= 15 is 0 Å². The van der Waals surface area contributed by atoms with Gasteiger partial charge in [0.05, 0.1) is 6.26 Å². The summed E-state index contributed by atoms with van der Waals surface area (Å²) in [7, 11) is 0. The lowest BCUT2D eigenvalue weighted by Crippen LogP contribution is -2.28. The molecule has 1 atom stereocenters. The van der Waals surface area contributed by atoms with Crippen LogP contribution in [0.25, 0.3) is 0 Å². The minimum atomic E-state index is -0.608. The van der Waals surface area contributed by atoms with E-state index in [0.717, 1.165) is 12.0 Å². The number of hydrogen-bond acceptors (Lipinski definition) is 2. The summed E-state index contributed by atoms with van der Waals surface area (Å²) >= 11 is 0. The number of nitrogens with zero attached hydrogens (tertiary/aromatic N) is 1. The van der Waals surface area contributed by atoms with E-state index in [1.165, 1.54) is 5.56 Å². The Morgan fingerprint density at radius 2 is 2.13 bits per heavy atom. The second-order valence-corrected chi connectivity index (χ2v) is 3.67. The van der Waals surface area contributed by atoms with Gasteiger partial charge in [-0.05, 0) is 17.7 Å². The van der Waals surface area contributed by atoms with Gasteiger partial charge in [0.1, 0.15) is 0 Å². The SMILES string of the molecule is C1=COC2(C=C1)N=CCc1ccccc12. The van der Waals surface area contributed by atoms with Crippen LogP contribution in [0.2, 0.25) is 0 Å². The maximum atomic E-state index is 5.67. The number of benzene rings is 1. The predicted molar refractivity (Wildman–Crippen MR) is 59.7 cm³/mol. The number of hydrogen-bond donors (Lipinski definition) is 0. The minimum absolute atomic E-state index is 0.608. The number of allylic oxidation sites excluding steroid dienone is 2. The van der Waals surface area contributed by atoms with Crippen LogP contribution in [0.5, 0.6) is 0 Å². The van der Waals surface area contributed by atoms with Crippen LogP contribution in [0.4, 0.5) is 0 Å². The van der Waals surface area contributed by atoms with Crippen LogP contribution in [0.15, 0.2) is 53.7 Å². The quantitative estimate of drug-likeness (QED) is 0.626. The number of fused-ring (bicyclic) bond motifs is 2. The molecule has 0 fully saturated rings. The standard InChI is InChI=1S/C13H11NO/c1-2-6-12-11(5-1)7-9-14-13(12)8-3-4-10-15-13/h1-6,8-10H,7H2. The van der Waals surface area contributed by atoms with Crippen molar-refractivity contribution in [3.8, 4) is 0 Å². The first-order valence-corrected chi connectivity index (χ1v) is 5.05. The summed E-state index contributed by atoms with van der Waals surface area (Å²) in [6.07, 6.45) is 10.3. The molecular weight excluding hydrogens is 186 g/mol. The Kier molecular flexibility index (Phi) is 1.75. The summed E-state index contributed by atoms with van der Waals surface area (Å²) in [6, 6.07) is 8.28. The highest BCUT2D eigenvalue weighted by atomic mass is 16.5. The molecule has 1 aromatic carbocycles. The number of rotatable bonds is 0. The van der Waals surface area contributed by atoms with E-state index in [2.05, 4.69) is 17.1 Å². The molecule has 2 aliphatic rings. The van der Waals surface area contributed by atoms with Gasteiger partial charge in [-0.3, -0.25) is 0 Å². The zero-order valence-corrected chi connectivity index (χ0v) is 8.26. The van der Waals surface area contributed by atoms with Crippen molar-refractivity contribution >= 4 is 6.21 Å². The molecule has 1 aromatic rings. The first kappa shape index (κ1) is 8.48. The van der Waals surface area contributed by atoms with Crippen LogP contribution in [0, 0.1) is 0 Å². The molecule has 74 valence electrons. The van der Waals surface area contributed by atoms with Gasteiger partial charge in [0.15, 0.2) is 0 Å². The van der Waals surface area contributed by atoms with Crippen molar-refractivity contribution < 1.29 is 4.74 Å². The lowest BCUT2D eigenvalue weighted by molar-refractivity contribution is 0.0697. The Bertz CT molecular complexity index is 473. The highest BCUT2D eigenvalue weighted by molar-refractivity contribution is 5.67. The van der Waals surface area contributed by atoms with Crippen LogP contribution in [0.1, 0.15) is 11.1 Å². The molecule has 0 saturated heterocycles. The Hall–Kier alpha value is -1.83. The normalized spacial score (nSPS) is 26.4. The van der Waals surface area contributed by atoms with Crippen LogP contribution < -0.4 is 0 Å². The molecule has 0 aromatic heterocycles. The van der Waals surface area contributed by atoms with Gasteiger partial charge in [0.2, 0.25) is 5.72 Å². The van der Waals surface area contributed by atoms with Gasteiger partial charge in [0, 0.05) is 18.2 Å². The molecule has 2 nitrogen and oxygen atoms in total. The summed E-state index contributed by atoms with van der Waals surface area (Å²) in [4.78, 5) is 4.48. The van der Waals surface area contributed by atoms with E-state index < -0.39 is 5.72 Å². The van der Waals surface area contributed by atoms with Gasteiger partial charge >= 0.3 is 0 Å². The van der Waals surface area contributed by atoms with Crippen LogP contribution in [-0.2, 0) is 16.9 Å². The molecule has 3 rings (SSSR count). The van der Waals surface area contributed by atoms with Crippen molar-refractivity contribution in [2.24, 2.45) is 4.99 Å². The largest absolute Gasteiger partial charge is 0.466 e. The summed E-state index contributed by atoms with van der Waals surface area (Å²) < 4.78 is 5.67. The predicted octanol–water partition coefficient (Wildman–Crippen LogP) is 2.57. The molecule has 15 heavy (non-hydrogen) atoms. The molecule has 2 heterocycles. The third-order valence-electron chi connectivity index (χ3n) is 2.76. The lowest BCUT2D eigenvalue weighted by atomic mass is 9.92. The Balaban J connectivity index is 2.17. The molecule has 2 aliphatic heterocycles. The molecular formula is C13H11NO. The highest BCUT2D eigenvalue weighted by Gasteiger charge is 2.34. The molecule has 1 unspecified atom stereocenters. The molecule has 0 amide bonds. The summed E-state index contributed by atoms with van der Waals surface area (Å²) in [5, 5.41) is 0. The zero-order chi connectivity index (χ0) is 10.1. The minimum Gasteiger partial charge on any atom is -0.466 e. The Morgan fingerprint density at radius 3 is 3.00 bits per heavy atom. The van der Waals surface area contributed by atoms with Gasteiger partial charge < -0.3 is 4.74 Å². The van der Waals surface area contributed by atoms with E-state index in [-0.39, 0.29) is 0 Å². The maximum Gasteiger partial charge on any atom is 0.245 e. The van der Waals surface area contributed by atoms with Gasteiger partial charge in [-0.1, -0.05) is 30.3 Å². The van der Waals surface area contributed by atoms with Crippen molar-refractivity contribution in [2.75, 3.05) is 0 Å². The highest BCUT2D eigenvalue weighted by Crippen LogP contribution is 2.36. The van der Waals surface area contributed by atoms with Gasteiger partial charge in [-0.25, -0.2) is 4.99 Å². The number of ether oxygens (including phenoxy) is 1. The van der Waals surface area contributed by atoms with E-state index in [0.29, 0.717) is 0 Å². The van der Waals surface area contributed by atoms with Crippen molar-refractivity contribution in [1.29, 1.82) is 0 Å². The Morgan fingerprint density at radius 1 is 1.20 bits per heavy atom. The fraction of sp³-hybridized carbons (Fsp3) is 0.154. The molecule has 0 bridgehead atoms. The fourth-order valence-corrected chi connectivity index (χ4v) is 2.04. The molecule has 0 N–H and O–H groups in total. The van der Waals surface area contributed by atoms with Crippen LogP contribution in [-0.4, -0.2) is 6.21 Å². The maximum absolute atomic E-state index is 5.67. The topological polar surface area (TPSA) is 21.6 Å². The van der Waals surface area contributed by atoms with E-state index in [9.17, 15) is 0 Å². The first-order valence-electron chi connectivity index (χ1n) is 5.05.